The Bertz CT molecular complexity index is 1670. The van der Waals surface area contributed by atoms with Crippen LogP contribution in [0.5, 0.6) is 0 Å². The zero-order chi connectivity index (χ0) is 34.1. The minimum atomic E-state index is -4.88. The van der Waals surface area contributed by atoms with E-state index in [1.807, 2.05) is 19.2 Å². The number of nitrogens with one attached hydrogen (secondary N) is 1. The van der Waals surface area contributed by atoms with Crippen molar-refractivity contribution in [2.75, 3.05) is 24.3 Å². The van der Waals surface area contributed by atoms with E-state index in [0.29, 0.717) is 17.3 Å². The third-order valence-electron chi connectivity index (χ3n) is 5.48. The van der Waals surface area contributed by atoms with Crippen LogP contribution in [0.15, 0.2) is 73.1 Å². The molecule has 1 N–H and O–H groups in total. The number of alkyl halides is 6. The first-order valence-electron chi connectivity index (χ1n) is 12.0. The summed E-state index contributed by atoms with van der Waals surface area (Å²) in [6, 6.07) is 11.5. The number of anilines is 2. The van der Waals surface area contributed by atoms with E-state index in [-0.39, 0.29) is 41.8 Å². The summed E-state index contributed by atoms with van der Waals surface area (Å²) < 4.78 is 101. The van der Waals surface area contributed by atoms with E-state index >= 15 is 0 Å². The molecule has 0 fully saturated rings. The first-order chi connectivity index (χ1) is 20.9. The number of amides is 1. The molecule has 0 radical (unpaired) electrons. The number of pyridine rings is 2. The van der Waals surface area contributed by atoms with Crippen LogP contribution in [0.3, 0.4) is 0 Å². The maximum absolute atomic E-state index is 14.0. The Morgan fingerprint density at radius 2 is 1.22 bits per heavy atom. The molecule has 2 aromatic carbocycles. The smallest absolute Gasteiger partial charge is 1.00 e. The van der Waals surface area contributed by atoms with Gasteiger partial charge in [0.15, 0.2) is 10.3 Å². The average Bonchev–Trinajstić information content (AvgIpc) is 2.96. The van der Waals surface area contributed by atoms with Crippen LogP contribution in [0, 0.1) is 11.6 Å². The van der Waals surface area contributed by atoms with Gasteiger partial charge < -0.3 is 11.6 Å². The van der Waals surface area contributed by atoms with Crippen molar-refractivity contribution in [3.63, 3.8) is 0 Å². The summed E-state index contributed by atoms with van der Waals surface area (Å²) in [5.41, 5.74) is -3.45. The molecule has 0 unspecified atom stereocenters. The summed E-state index contributed by atoms with van der Waals surface area (Å²) in [7, 11) is 3.08. The zero-order valence-corrected chi connectivity index (χ0v) is 28.0. The average molecular weight is 726 g/mol. The number of carbonyl (C=O) groups is 2. The quantitative estimate of drug-likeness (QED) is 0.116. The second-order valence-electron chi connectivity index (χ2n) is 8.37. The molecular formula is C28H20Cl3F8N4NaO2. The predicted octanol–water partition coefficient (Wildman–Crippen LogP) is 6.29. The molecule has 0 aliphatic carbocycles. The van der Waals surface area contributed by atoms with Crippen LogP contribution in [0.1, 0.15) is 33.3 Å². The van der Waals surface area contributed by atoms with E-state index in [1.165, 1.54) is 25.4 Å². The van der Waals surface area contributed by atoms with Gasteiger partial charge in [-0.25, -0.2) is 18.7 Å². The zero-order valence-electron chi connectivity index (χ0n) is 24.7. The number of rotatable bonds is 4. The second kappa shape index (κ2) is 17.8. The summed E-state index contributed by atoms with van der Waals surface area (Å²) in [6.45, 7) is 0. The van der Waals surface area contributed by atoms with Crippen LogP contribution in [0.25, 0.3) is 0 Å². The largest absolute Gasteiger partial charge is 1.00 e. The van der Waals surface area contributed by atoms with Gasteiger partial charge in [0.2, 0.25) is 0 Å². The molecule has 6 nitrogen and oxygen atoms in total. The standard InChI is InChI=1S/C14H9ClF4N2O.C8H3ClF4O.C6H7ClN2.Na.H/c1-21(10-6-3-7-20-12(10)15)13(22)8-4-2-5-9(11(8)16)14(17,18)19;9-7(14)4-2-1-3-5(6(4)10)8(11,12)13;1-8-5-3-2-4-9-6(5)7;;/h2-7H,1H3;1-3H;2-4,8H,1H3;;/q;;;+1;-1. The van der Waals surface area contributed by atoms with Gasteiger partial charge in [-0.1, -0.05) is 35.3 Å². The van der Waals surface area contributed by atoms with Crippen molar-refractivity contribution in [2.45, 2.75) is 12.4 Å². The molecule has 0 atom stereocenters. The van der Waals surface area contributed by atoms with Crippen LogP contribution in [-0.4, -0.2) is 35.2 Å². The van der Waals surface area contributed by atoms with Gasteiger partial charge in [-0.05, 0) is 60.1 Å². The van der Waals surface area contributed by atoms with E-state index in [4.69, 9.17) is 34.8 Å². The third-order valence-corrected chi connectivity index (χ3v) is 6.28. The number of aromatic nitrogens is 2. The van der Waals surface area contributed by atoms with Crippen LogP contribution in [0.4, 0.5) is 46.5 Å². The minimum Gasteiger partial charge on any atom is -1.00 e. The van der Waals surface area contributed by atoms with Gasteiger partial charge in [-0.3, -0.25) is 9.59 Å². The molecule has 0 aliphatic rings. The van der Waals surface area contributed by atoms with Crippen molar-refractivity contribution in [3.8, 4) is 0 Å². The Morgan fingerprint density at radius 3 is 1.63 bits per heavy atom. The summed E-state index contributed by atoms with van der Waals surface area (Å²) in [6.07, 6.45) is -6.67. The van der Waals surface area contributed by atoms with Gasteiger partial charge in [0.25, 0.3) is 11.1 Å². The Morgan fingerprint density at radius 1 is 0.761 bits per heavy atom. The Hall–Kier alpha value is -3.01. The van der Waals surface area contributed by atoms with Crippen molar-refractivity contribution >= 4 is 57.3 Å². The summed E-state index contributed by atoms with van der Waals surface area (Å²) >= 11 is 16.4. The Balaban J connectivity index is 0.000000727. The summed E-state index contributed by atoms with van der Waals surface area (Å²) in [5, 5.41) is 2.14. The van der Waals surface area contributed by atoms with Crippen molar-refractivity contribution in [3.05, 3.63) is 117 Å². The first-order valence-corrected chi connectivity index (χ1v) is 13.1. The van der Waals surface area contributed by atoms with Gasteiger partial charge >= 0.3 is 41.9 Å². The summed E-state index contributed by atoms with van der Waals surface area (Å²) in [4.78, 5) is 31.3. The number of hydrogen-bond donors (Lipinski definition) is 1. The molecule has 0 saturated carbocycles. The molecule has 4 rings (SSSR count). The fourth-order valence-corrected chi connectivity index (χ4v) is 3.92. The Kier molecular flexibility index (Phi) is 15.9. The number of hydrogen-bond acceptors (Lipinski definition) is 5. The van der Waals surface area contributed by atoms with Crippen LogP contribution in [0.2, 0.25) is 10.3 Å². The van der Waals surface area contributed by atoms with E-state index in [1.54, 1.807) is 6.20 Å². The molecule has 1 amide bonds. The molecule has 2 aromatic heterocycles. The van der Waals surface area contributed by atoms with Crippen molar-refractivity contribution in [1.82, 2.24) is 9.97 Å². The minimum absolute atomic E-state index is 0. The monoisotopic (exact) mass is 724 g/mol. The molecule has 2 heterocycles. The van der Waals surface area contributed by atoms with E-state index in [9.17, 15) is 44.7 Å². The van der Waals surface area contributed by atoms with Gasteiger partial charge in [0, 0.05) is 26.5 Å². The van der Waals surface area contributed by atoms with E-state index in [0.717, 1.165) is 34.9 Å². The molecule has 46 heavy (non-hydrogen) atoms. The maximum atomic E-state index is 14.0. The SMILES string of the molecule is CN(C(=O)c1cccc(C(F)(F)F)c1F)c1cccnc1Cl.CNc1cccnc1Cl.O=C(Cl)c1cccc(C(F)(F)F)c1F.[H-].[Na+]. The Labute approximate surface area is 295 Å². The molecule has 0 aliphatic heterocycles. The fourth-order valence-electron chi connectivity index (χ4n) is 3.31. The molecule has 0 bridgehead atoms. The van der Waals surface area contributed by atoms with Crippen molar-refractivity contribution in [2.24, 2.45) is 0 Å². The number of halogens is 11. The molecule has 0 saturated heterocycles. The van der Waals surface area contributed by atoms with Crippen molar-refractivity contribution in [1.29, 1.82) is 0 Å². The van der Waals surface area contributed by atoms with Gasteiger partial charge in [-0.2, -0.15) is 26.3 Å². The van der Waals surface area contributed by atoms with Gasteiger partial charge in [0.1, 0.15) is 11.6 Å². The third kappa shape index (κ3) is 11.1. The van der Waals surface area contributed by atoms with Crippen molar-refractivity contribution < 1.29 is 75.7 Å². The molecule has 0 spiro atoms. The fraction of sp³-hybridized carbons (Fsp3) is 0.143. The summed E-state index contributed by atoms with van der Waals surface area (Å²) in [5.74, 6) is -4.22. The van der Waals surface area contributed by atoms with E-state index in [2.05, 4.69) is 15.3 Å². The first kappa shape index (κ1) is 41.0. The van der Waals surface area contributed by atoms with Crippen LogP contribution < -0.4 is 39.8 Å². The van der Waals surface area contributed by atoms with E-state index < -0.39 is 57.4 Å². The number of carbonyl (C=O) groups excluding carboxylic acids is 2. The molecule has 4 aromatic rings. The molecule has 18 heteroatoms. The second-order valence-corrected chi connectivity index (χ2v) is 9.43. The topological polar surface area (TPSA) is 75.2 Å². The van der Waals surface area contributed by atoms with Gasteiger partial charge in [0.05, 0.1) is 33.6 Å². The normalized spacial score (nSPS) is 10.7. The molecular weight excluding hydrogens is 706 g/mol. The van der Waals surface area contributed by atoms with Crippen LogP contribution in [-0.2, 0) is 12.4 Å². The van der Waals surface area contributed by atoms with Crippen LogP contribution >= 0.6 is 34.8 Å². The molecule has 242 valence electrons. The van der Waals surface area contributed by atoms with Gasteiger partial charge in [-0.15, -0.1) is 0 Å². The number of nitrogens with zero attached hydrogens (tertiary/aromatic N) is 3. The number of benzene rings is 2. The predicted molar refractivity (Wildman–Crippen MR) is 155 cm³/mol. The maximum Gasteiger partial charge on any atom is 1.00 e.